The number of ether oxygens (including phenoxy) is 2. The molecule has 0 radical (unpaired) electrons. The molecule has 0 saturated carbocycles. The molecule has 3 heterocycles. The molecule has 4 rings (SSSR count). The van der Waals surface area contributed by atoms with E-state index < -0.39 is 29.9 Å². The first-order chi connectivity index (χ1) is 19.8. The molecule has 1 aromatic carbocycles. The van der Waals surface area contributed by atoms with Crippen LogP contribution in [0.3, 0.4) is 0 Å². The topological polar surface area (TPSA) is 154 Å². The van der Waals surface area contributed by atoms with Gasteiger partial charge in [0.25, 0.3) is 5.91 Å². The van der Waals surface area contributed by atoms with Gasteiger partial charge in [-0.2, -0.15) is 0 Å². The number of aromatic nitrogens is 2. The number of nitrogens with one attached hydrogen (secondary N) is 1. The number of carbonyl (C=O) groups excluding carboxylic acids is 3. The van der Waals surface area contributed by atoms with Crippen LogP contribution < -0.4 is 10.2 Å². The lowest BCUT2D eigenvalue weighted by Crippen LogP contribution is -2.56. The SMILES string of the molecule is CCOC(=O)N1CCN(C(=O)[C@H](CCC(=O)O)NC(=O)c2cc(N3CC[C@H](OC)C3)nc(-c3ccccc3)n2)CC1. The number of benzene rings is 1. The number of methoxy groups -OCH3 is 1. The van der Waals surface area contributed by atoms with Crippen LogP contribution >= 0.6 is 0 Å². The smallest absolute Gasteiger partial charge is 0.409 e. The average molecular weight is 569 g/mol. The maximum absolute atomic E-state index is 13.5. The van der Waals surface area contributed by atoms with Gasteiger partial charge in [0.2, 0.25) is 5.91 Å². The molecule has 2 aromatic rings. The van der Waals surface area contributed by atoms with Crippen molar-refractivity contribution >= 4 is 29.7 Å². The average Bonchev–Trinajstić information content (AvgIpc) is 3.49. The second-order valence-electron chi connectivity index (χ2n) is 9.86. The fraction of sp³-hybridized carbons (Fsp3) is 0.500. The zero-order chi connectivity index (χ0) is 29.4. The van der Waals surface area contributed by atoms with Crippen LogP contribution in [-0.2, 0) is 19.1 Å². The highest BCUT2D eigenvalue weighted by Crippen LogP contribution is 2.24. The van der Waals surface area contributed by atoms with E-state index in [0.29, 0.717) is 24.7 Å². The van der Waals surface area contributed by atoms with E-state index in [9.17, 15) is 24.3 Å². The van der Waals surface area contributed by atoms with Crippen molar-refractivity contribution in [3.8, 4) is 11.4 Å². The number of carboxylic acids is 1. The van der Waals surface area contributed by atoms with E-state index in [4.69, 9.17) is 14.5 Å². The molecule has 2 fully saturated rings. The molecule has 0 spiro atoms. The minimum Gasteiger partial charge on any atom is -0.481 e. The van der Waals surface area contributed by atoms with Crippen LogP contribution in [0.1, 0.15) is 36.7 Å². The predicted molar refractivity (Wildman–Crippen MR) is 148 cm³/mol. The molecule has 0 unspecified atom stereocenters. The van der Waals surface area contributed by atoms with Gasteiger partial charge in [0, 0.05) is 64.4 Å². The van der Waals surface area contributed by atoms with Crippen LogP contribution in [0.4, 0.5) is 10.6 Å². The number of anilines is 1. The molecular weight excluding hydrogens is 532 g/mol. The van der Waals surface area contributed by atoms with E-state index in [-0.39, 0.29) is 57.4 Å². The molecule has 2 N–H and O–H groups in total. The summed E-state index contributed by atoms with van der Waals surface area (Å²) in [5, 5.41) is 12.0. The summed E-state index contributed by atoms with van der Waals surface area (Å²) in [6.07, 6.45) is 0.0143. The van der Waals surface area contributed by atoms with Gasteiger partial charge in [-0.25, -0.2) is 14.8 Å². The Bertz CT molecular complexity index is 1240. The summed E-state index contributed by atoms with van der Waals surface area (Å²) in [7, 11) is 1.66. The van der Waals surface area contributed by atoms with Crippen LogP contribution in [0.2, 0.25) is 0 Å². The largest absolute Gasteiger partial charge is 0.481 e. The first kappa shape index (κ1) is 29.7. The molecule has 2 saturated heterocycles. The third kappa shape index (κ3) is 7.69. The molecule has 2 aliphatic heterocycles. The Morgan fingerprint density at radius 3 is 2.39 bits per heavy atom. The van der Waals surface area contributed by atoms with Gasteiger partial charge in [-0.1, -0.05) is 30.3 Å². The number of hydrogen-bond donors (Lipinski definition) is 2. The molecule has 220 valence electrons. The quantitative estimate of drug-likeness (QED) is 0.432. The van der Waals surface area contributed by atoms with Crippen molar-refractivity contribution in [1.82, 2.24) is 25.1 Å². The maximum atomic E-state index is 13.5. The Labute approximate surface area is 238 Å². The van der Waals surface area contributed by atoms with Crippen molar-refractivity contribution in [3.63, 3.8) is 0 Å². The van der Waals surface area contributed by atoms with Gasteiger partial charge in [-0.15, -0.1) is 0 Å². The van der Waals surface area contributed by atoms with Crippen molar-refractivity contribution in [2.75, 3.05) is 57.9 Å². The lowest BCUT2D eigenvalue weighted by atomic mass is 10.1. The van der Waals surface area contributed by atoms with Gasteiger partial charge in [-0.3, -0.25) is 14.4 Å². The van der Waals surface area contributed by atoms with Gasteiger partial charge >= 0.3 is 12.1 Å². The highest BCUT2D eigenvalue weighted by atomic mass is 16.6. The normalized spacial score (nSPS) is 17.7. The number of piperazine rings is 1. The van der Waals surface area contributed by atoms with Crippen molar-refractivity contribution < 1.29 is 33.8 Å². The van der Waals surface area contributed by atoms with E-state index in [0.717, 1.165) is 12.0 Å². The summed E-state index contributed by atoms with van der Waals surface area (Å²) >= 11 is 0. The molecule has 13 heteroatoms. The zero-order valence-electron chi connectivity index (χ0n) is 23.3. The summed E-state index contributed by atoms with van der Waals surface area (Å²) in [6.45, 7) is 4.31. The Hall–Kier alpha value is -4.26. The van der Waals surface area contributed by atoms with Crippen molar-refractivity contribution in [2.45, 2.75) is 38.3 Å². The molecular formula is C28H36N6O7. The number of carbonyl (C=O) groups is 4. The highest BCUT2D eigenvalue weighted by Gasteiger charge is 2.32. The summed E-state index contributed by atoms with van der Waals surface area (Å²) in [5.74, 6) is -1.18. The third-order valence-electron chi connectivity index (χ3n) is 7.15. The number of carboxylic acid groups (broad SMARTS) is 1. The van der Waals surface area contributed by atoms with Crippen LogP contribution in [-0.4, -0.2) is 114 Å². The van der Waals surface area contributed by atoms with Crippen LogP contribution in [0.25, 0.3) is 11.4 Å². The second kappa shape index (κ2) is 13.9. The van der Waals surface area contributed by atoms with Crippen molar-refractivity contribution in [3.05, 3.63) is 42.1 Å². The number of amides is 3. The van der Waals surface area contributed by atoms with Gasteiger partial charge in [0.1, 0.15) is 17.6 Å². The van der Waals surface area contributed by atoms with Gasteiger partial charge < -0.3 is 34.6 Å². The summed E-state index contributed by atoms with van der Waals surface area (Å²) in [5.41, 5.74) is 0.791. The van der Waals surface area contributed by atoms with Crippen LogP contribution in [0.15, 0.2) is 36.4 Å². The number of hydrogen-bond acceptors (Lipinski definition) is 9. The first-order valence-electron chi connectivity index (χ1n) is 13.7. The Morgan fingerprint density at radius 2 is 1.76 bits per heavy atom. The monoisotopic (exact) mass is 568 g/mol. The van der Waals surface area contributed by atoms with Crippen molar-refractivity contribution in [1.29, 1.82) is 0 Å². The second-order valence-corrected chi connectivity index (χ2v) is 9.86. The van der Waals surface area contributed by atoms with Gasteiger partial charge in [-0.05, 0) is 19.8 Å². The highest BCUT2D eigenvalue weighted by molar-refractivity contribution is 5.97. The van der Waals surface area contributed by atoms with Gasteiger partial charge in [0.15, 0.2) is 5.82 Å². The van der Waals surface area contributed by atoms with Crippen LogP contribution in [0, 0.1) is 0 Å². The first-order valence-corrected chi connectivity index (χ1v) is 13.7. The lowest BCUT2D eigenvalue weighted by Gasteiger charge is -2.35. The number of aliphatic carboxylic acids is 1. The molecule has 41 heavy (non-hydrogen) atoms. The molecule has 0 bridgehead atoms. The number of nitrogens with zero attached hydrogens (tertiary/aromatic N) is 5. The molecule has 0 aliphatic carbocycles. The minimum atomic E-state index is -1.09. The minimum absolute atomic E-state index is 0.0460. The lowest BCUT2D eigenvalue weighted by molar-refractivity contribution is -0.138. The Kier molecular flexibility index (Phi) is 10.1. The molecule has 1 aromatic heterocycles. The summed E-state index contributed by atoms with van der Waals surface area (Å²) in [6, 6.07) is 9.76. The standard InChI is InChI=1S/C28H36N6O7/c1-3-41-28(39)33-15-13-32(14-16-33)27(38)21(9-10-24(35)36)30-26(37)22-17-23(34-12-11-20(18-34)40-2)31-25(29-22)19-7-5-4-6-8-19/h4-8,17,20-21H,3,9-16,18H2,1-2H3,(H,30,37)(H,35,36)/t20-,21-/m0/s1. The van der Waals surface area contributed by atoms with E-state index in [1.165, 1.54) is 9.80 Å². The van der Waals surface area contributed by atoms with Crippen LogP contribution in [0.5, 0.6) is 0 Å². The molecule has 13 nitrogen and oxygen atoms in total. The molecule has 2 aliphatic rings. The van der Waals surface area contributed by atoms with E-state index in [1.54, 1.807) is 20.1 Å². The Balaban J connectivity index is 1.54. The van der Waals surface area contributed by atoms with Crippen molar-refractivity contribution in [2.24, 2.45) is 0 Å². The Morgan fingerprint density at radius 1 is 1.05 bits per heavy atom. The summed E-state index contributed by atoms with van der Waals surface area (Å²) in [4.78, 5) is 64.6. The van der Waals surface area contributed by atoms with Gasteiger partial charge in [0.05, 0.1) is 12.7 Å². The fourth-order valence-electron chi connectivity index (χ4n) is 4.86. The molecule has 3 amide bonds. The van der Waals surface area contributed by atoms with E-state index >= 15 is 0 Å². The van der Waals surface area contributed by atoms with E-state index in [2.05, 4.69) is 10.3 Å². The summed E-state index contributed by atoms with van der Waals surface area (Å²) < 4.78 is 10.5. The fourth-order valence-corrected chi connectivity index (χ4v) is 4.86. The predicted octanol–water partition coefficient (Wildman–Crippen LogP) is 1.63. The maximum Gasteiger partial charge on any atom is 0.409 e. The zero-order valence-corrected chi connectivity index (χ0v) is 23.3. The third-order valence-corrected chi connectivity index (χ3v) is 7.15. The molecule has 2 atom stereocenters. The number of rotatable bonds is 10. The van der Waals surface area contributed by atoms with E-state index in [1.807, 2.05) is 35.2 Å².